The largest absolute Gasteiger partial charge is 0.464 e. The maximum atomic E-state index is 12.6. The van der Waals surface area contributed by atoms with Crippen molar-refractivity contribution in [1.29, 1.82) is 0 Å². The smallest absolute Gasteiger partial charge is 0.266 e. The van der Waals surface area contributed by atoms with Crippen molar-refractivity contribution < 1.29 is 14.0 Å². The van der Waals surface area contributed by atoms with Crippen molar-refractivity contribution >= 4 is 28.5 Å². The first-order valence-corrected chi connectivity index (χ1v) is 8.28. The fraction of sp³-hybridized carbons (Fsp3) is 0. The standard InChI is InChI=1S/C22H13NO3/c24-21-17-8-4-5-9-18(17)22(25)23(21)15-10-11-16-19(13-26-20(16)12-15)14-6-2-1-3-7-14/h1-13H. The topological polar surface area (TPSA) is 50.5 Å². The van der Waals surface area contributed by atoms with Crippen LogP contribution >= 0.6 is 0 Å². The van der Waals surface area contributed by atoms with Crippen LogP contribution < -0.4 is 4.90 Å². The van der Waals surface area contributed by atoms with E-state index >= 15 is 0 Å². The molecule has 1 aliphatic rings. The highest BCUT2D eigenvalue weighted by Crippen LogP contribution is 2.35. The Kier molecular flexibility index (Phi) is 3.06. The van der Waals surface area contributed by atoms with Crippen LogP contribution in [0.5, 0.6) is 0 Å². The van der Waals surface area contributed by atoms with Gasteiger partial charge in [0, 0.05) is 17.0 Å². The Hall–Kier alpha value is -3.66. The third kappa shape index (κ3) is 2.02. The van der Waals surface area contributed by atoms with Crippen LogP contribution in [0, 0.1) is 0 Å². The number of anilines is 1. The lowest BCUT2D eigenvalue weighted by molar-refractivity contribution is 0.0926. The Bertz CT molecular complexity index is 1140. The molecule has 0 aliphatic carbocycles. The van der Waals surface area contributed by atoms with Gasteiger partial charge in [-0.1, -0.05) is 42.5 Å². The molecule has 3 aromatic carbocycles. The van der Waals surface area contributed by atoms with Crippen molar-refractivity contribution in [3.05, 3.63) is 90.2 Å². The van der Waals surface area contributed by atoms with Crippen LogP contribution in [0.3, 0.4) is 0 Å². The summed E-state index contributed by atoms with van der Waals surface area (Å²) in [6, 6.07) is 22.2. The third-order valence-electron chi connectivity index (χ3n) is 4.70. The van der Waals surface area contributed by atoms with Gasteiger partial charge in [0.05, 0.1) is 23.1 Å². The van der Waals surface area contributed by atoms with Crippen LogP contribution in [-0.2, 0) is 0 Å². The molecule has 1 aliphatic heterocycles. The van der Waals surface area contributed by atoms with Gasteiger partial charge in [0.2, 0.25) is 0 Å². The SMILES string of the molecule is O=C1c2ccccc2C(=O)N1c1ccc2c(-c3ccccc3)coc2c1. The van der Waals surface area contributed by atoms with Crippen molar-refractivity contribution in [1.82, 2.24) is 0 Å². The zero-order valence-electron chi connectivity index (χ0n) is 13.7. The molecule has 0 bridgehead atoms. The molecule has 124 valence electrons. The molecule has 0 fully saturated rings. The number of hydrogen-bond donors (Lipinski definition) is 0. The van der Waals surface area contributed by atoms with E-state index < -0.39 is 0 Å². The van der Waals surface area contributed by atoms with Crippen LogP contribution in [0.25, 0.3) is 22.1 Å². The summed E-state index contributed by atoms with van der Waals surface area (Å²) in [5, 5.41) is 0.941. The highest BCUT2D eigenvalue weighted by atomic mass is 16.3. The van der Waals surface area contributed by atoms with Crippen molar-refractivity contribution in [3.8, 4) is 11.1 Å². The summed E-state index contributed by atoms with van der Waals surface area (Å²) >= 11 is 0. The van der Waals surface area contributed by atoms with Gasteiger partial charge >= 0.3 is 0 Å². The lowest BCUT2D eigenvalue weighted by atomic mass is 10.0. The minimum atomic E-state index is -0.306. The van der Waals surface area contributed by atoms with E-state index in [1.54, 1.807) is 42.7 Å². The summed E-state index contributed by atoms with van der Waals surface area (Å²) in [6.07, 6.45) is 1.70. The maximum Gasteiger partial charge on any atom is 0.266 e. The fourth-order valence-electron chi connectivity index (χ4n) is 3.42. The first-order valence-electron chi connectivity index (χ1n) is 8.28. The Morgan fingerprint density at radius 3 is 2.04 bits per heavy atom. The van der Waals surface area contributed by atoms with Crippen LogP contribution in [0.4, 0.5) is 5.69 Å². The second kappa shape index (κ2) is 5.43. The molecule has 0 atom stereocenters. The monoisotopic (exact) mass is 339 g/mol. The molecule has 4 heteroatoms. The average molecular weight is 339 g/mol. The summed E-state index contributed by atoms with van der Waals surface area (Å²) < 4.78 is 5.70. The number of fused-ring (bicyclic) bond motifs is 2. The second-order valence-corrected chi connectivity index (χ2v) is 6.19. The summed E-state index contributed by atoms with van der Waals surface area (Å²) in [5.74, 6) is -0.612. The van der Waals surface area contributed by atoms with E-state index in [2.05, 4.69) is 0 Å². The zero-order chi connectivity index (χ0) is 17.7. The minimum Gasteiger partial charge on any atom is -0.464 e. The number of amides is 2. The predicted octanol–water partition coefficient (Wildman–Crippen LogP) is 4.90. The number of hydrogen-bond acceptors (Lipinski definition) is 3. The molecule has 5 rings (SSSR count). The van der Waals surface area contributed by atoms with Gasteiger partial charge in [-0.15, -0.1) is 0 Å². The van der Waals surface area contributed by atoms with Gasteiger partial charge in [-0.3, -0.25) is 9.59 Å². The molecule has 2 amide bonds. The summed E-state index contributed by atoms with van der Waals surface area (Å²) in [5.41, 5.74) is 4.05. The lowest BCUT2D eigenvalue weighted by Gasteiger charge is -2.13. The van der Waals surface area contributed by atoms with Gasteiger partial charge in [-0.05, 0) is 29.8 Å². The first kappa shape index (κ1) is 14.7. The molecule has 2 heterocycles. The van der Waals surface area contributed by atoms with E-state index in [1.807, 2.05) is 36.4 Å². The molecular formula is C22H13NO3. The highest BCUT2D eigenvalue weighted by Gasteiger charge is 2.36. The molecular weight excluding hydrogens is 326 g/mol. The van der Waals surface area contributed by atoms with E-state index in [9.17, 15) is 9.59 Å². The fourth-order valence-corrected chi connectivity index (χ4v) is 3.42. The Morgan fingerprint density at radius 1 is 0.692 bits per heavy atom. The predicted molar refractivity (Wildman–Crippen MR) is 99.2 cm³/mol. The number of nitrogens with zero attached hydrogens (tertiary/aromatic N) is 1. The van der Waals surface area contributed by atoms with Crippen LogP contribution in [-0.4, -0.2) is 11.8 Å². The van der Waals surface area contributed by atoms with E-state index in [4.69, 9.17) is 4.42 Å². The molecule has 0 radical (unpaired) electrons. The lowest BCUT2D eigenvalue weighted by Crippen LogP contribution is -2.29. The van der Waals surface area contributed by atoms with Gasteiger partial charge < -0.3 is 4.42 Å². The van der Waals surface area contributed by atoms with Gasteiger partial charge in [-0.2, -0.15) is 0 Å². The molecule has 0 saturated heterocycles. The molecule has 0 spiro atoms. The van der Waals surface area contributed by atoms with Gasteiger partial charge in [0.15, 0.2) is 0 Å². The van der Waals surface area contributed by atoms with Crippen molar-refractivity contribution in [2.75, 3.05) is 4.90 Å². The molecule has 4 nitrogen and oxygen atoms in total. The van der Waals surface area contributed by atoms with Crippen molar-refractivity contribution in [2.45, 2.75) is 0 Å². The zero-order valence-corrected chi connectivity index (χ0v) is 13.7. The van der Waals surface area contributed by atoms with Crippen LogP contribution in [0.2, 0.25) is 0 Å². The van der Waals surface area contributed by atoms with Crippen molar-refractivity contribution in [2.24, 2.45) is 0 Å². The molecule has 0 N–H and O–H groups in total. The van der Waals surface area contributed by atoms with E-state index in [1.165, 1.54) is 4.90 Å². The quantitative estimate of drug-likeness (QED) is 0.488. The molecule has 1 aromatic heterocycles. The van der Waals surface area contributed by atoms with E-state index in [0.29, 0.717) is 22.4 Å². The Balaban J connectivity index is 1.60. The Morgan fingerprint density at radius 2 is 1.35 bits per heavy atom. The molecule has 0 saturated carbocycles. The van der Waals surface area contributed by atoms with Gasteiger partial charge in [-0.25, -0.2) is 4.90 Å². The highest BCUT2D eigenvalue weighted by molar-refractivity contribution is 6.34. The number of carbonyl (C=O) groups excluding carboxylic acids is 2. The average Bonchev–Trinajstić information content (AvgIpc) is 3.22. The number of furan rings is 1. The number of benzene rings is 3. The van der Waals surface area contributed by atoms with Crippen LogP contribution in [0.1, 0.15) is 20.7 Å². The van der Waals surface area contributed by atoms with Gasteiger partial charge in [0.1, 0.15) is 5.58 Å². The normalized spacial score (nSPS) is 13.5. The third-order valence-corrected chi connectivity index (χ3v) is 4.70. The summed E-state index contributed by atoms with van der Waals surface area (Å²) in [7, 11) is 0. The Labute approximate surface area is 149 Å². The minimum absolute atomic E-state index is 0.306. The second-order valence-electron chi connectivity index (χ2n) is 6.19. The molecule has 26 heavy (non-hydrogen) atoms. The summed E-state index contributed by atoms with van der Waals surface area (Å²) in [6.45, 7) is 0. The van der Waals surface area contributed by atoms with Crippen molar-refractivity contribution in [3.63, 3.8) is 0 Å². The van der Waals surface area contributed by atoms with E-state index in [0.717, 1.165) is 16.5 Å². The van der Waals surface area contributed by atoms with Gasteiger partial charge in [0.25, 0.3) is 11.8 Å². The first-order chi connectivity index (χ1) is 12.7. The number of imide groups is 1. The molecule has 0 unspecified atom stereocenters. The number of rotatable bonds is 2. The van der Waals surface area contributed by atoms with E-state index in [-0.39, 0.29) is 11.8 Å². The van der Waals surface area contributed by atoms with Crippen LogP contribution in [0.15, 0.2) is 83.5 Å². The number of carbonyl (C=O) groups is 2. The molecule has 4 aromatic rings. The maximum absolute atomic E-state index is 12.6. The summed E-state index contributed by atoms with van der Waals surface area (Å²) in [4.78, 5) is 26.5.